The first kappa shape index (κ1) is 28.6. The van der Waals surface area contributed by atoms with E-state index in [1.807, 2.05) is 18.2 Å². The number of hydrogen-bond acceptors (Lipinski definition) is 3. The maximum atomic E-state index is 5.11. The minimum Gasteiger partial charge on any atom is -0.309 e. The second kappa shape index (κ2) is 10.8. The van der Waals surface area contributed by atoms with Crippen LogP contribution in [0, 0.1) is 0 Å². The SMILES string of the molecule is CC1(C)c2ccccc2-c2cc3c4ccccc4n(-c4cccc(-c5nc(-c6ccccc6)nc(-c6ccc7ccccc7c6)n5)c4)c3cc21. The molecule has 4 heteroatoms. The van der Waals surface area contributed by atoms with Gasteiger partial charge >= 0.3 is 0 Å². The van der Waals surface area contributed by atoms with Crippen LogP contribution in [0.3, 0.4) is 0 Å². The predicted molar refractivity (Wildman–Crippen MR) is 206 cm³/mol. The van der Waals surface area contributed by atoms with Crippen LogP contribution in [-0.2, 0) is 5.41 Å². The van der Waals surface area contributed by atoms with Crippen LogP contribution < -0.4 is 0 Å². The lowest BCUT2D eigenvalue weighted by molar-refractivity contribution is 0.661. The van der Waals surface area contributed by atoms with Crippen LogP contribution in [0.15, 0.2) is 158 Å². The summed E-state index contributed by atoms with van der Waals surface area (Å²) in [7, 11) is 0. The summed E-state index contributed by atoms with van der Waals surface area (Å²) in [6.07, 6.45) is 0. The zero-order valence-corrected chi connectivity index (χ0v) is 27.8. The fourth-order valence-corrected chi connectivity index (χ4v) is 7.90. The van der Waals surface area contributed by atoms with E-state index < -0.39 is 0 Å². The Morgan fingerprint density at radius 3 is 1.92 bits per heavy atom. The Bertz CT molecular complexity index is 2790. The molecular weight excluding hydrogens is 609 g/mol. The Balaban J connectivity index is 1.17. The highest BCUT2D eigenvalue weighted by Gasteiger charge is 2.36. The second-order valence-corrected chi connectivity index (χ2v) is 13.7. The molecule has 1 aliphatic rings. The van der Waals surface area contributed by atoms with Crippen molar-refractivity contribution in [2.75, 3.05) is 0 Å². The van der Waals surface area contributed by atoms with Crippen LogP contribution >= 0.6 is 0 Å². The molecule has 0 atom stereocenters. The predicted octanol–water partition coefficient (Wildman–Crippen LogP) is 11.4. The van der Waals surface area contributed by atoms with Crippen molar-refractivity contribution >= 4 is 32.6 Å². The fraction of sp³-hybridized carbons (Fsp3) is 0.0652. The van der Waals surface area contributed by atoms with Crippen LogP contribution in [0.5, 0.6) is 0 Å². The van der Waals surface area contributed by atoms with Gasteiger partial charge in [0.2, 0.25) is 0 Å². The van der Waals surface area contributed by atoms with E-state index in [9.17, 15) is 0 Å². The highest BCUT2D eigenvalue weighted by molar-refractivity contribution is 6.11. The summed E-state index contributed by atoms with van der Waals surface area (Å²) in [6.45, 7) is 4.69. The highest BCUT2D eigenvalue weighted by atomic mass is 15.0. The van der Waals surface area contributed by atoms with E-state index in [4.69, 9.17) is 15.0 Å². The van der Waals surface area contributed by atoms with Gasteiger partial charge < -0.3 is 4.57 Å². The third-order valence-electron chi connectivity index (χ3n) is 10.4. The Morgan fingerprint density at radius 1 is 0.420 bits per heavy atom. The number of aromatic nitrogens is 4. The molecule has 0 amide bonds. The van der Waals surface area contributed by atoms with Crippen LogP contribution in [0.4, 0.5) is 0 Å². The zero-order chi connectivity index (χ0) is 33.4. The molecule has 0 bridgehead atoms. The molecule has 0 saturated carbocycles. The van der Waals surface area contributed by atoms with Gasteiger partial charge in [0.15, 0.2) is 17.5 Å². The van der Waals surface area contributed by atoms with E-state index >= 15 is 0 Å². The van der Waals surface area contributed by atoms with Gasteiger partial charge in [-0.25, -0.2) is 15.0 Å². The van der Waals surface area contributed by atoms with E-state index in [-0.39, 0.29) is 5.41 Å². The van der Waals surface area contributed by atoms with E-state index in [0.29, 0.717) is 17.5 Å². The van der Waals surface area contributed by atoms with Gasteiger partial charge in [-0.2, -0.15) is 0 Å². The number of fused-ring (bicyclic) bond motifs is 7. The Morgan fingerprint density at radius 2 is 1.08 bits per heavy atom. The molecule has 0 saturated heterocycles. The summed E-state index contributed by atoms with van der Waals surface area (Å²) in [4.78, 5) is 15.2. The second-order valence-electron chi connectivity index (χ2n) is 13.7. The molecule has 0 unspecified atom stereocenters. The lowest BCUT2D eigenvalue weighted by atomic mass is 9.82. The first-order chi connectivity index (χ1) is 24.5. The molecule has 2 heterocycles. The lowest BCUT2D eigenvalue weighted by Gasteiger charge is -2.21. The van der Waals surface area contributed by atoms with Crippen molar-refractivity contribution in [1.82, 2.24) is 19.5 Å². The van der Waals surface area contributed by atoms with Crippen molar-refractivity contribution in [1.29, 1.82) is 0 Å². The van der Waals surface area contributed by atoms with E-state index in [0.717, 1.165) is 27.8 Å². The molecule has 4 nitrogen and oxygen atoms in total. The minimum absolute atomic E-state index is 0.0961. The average molecular weight is 641 g/mol. The van der Waals surface area contributed by atoms with E-state index in [1.54, 1.807) is 0 Å². The van der Waals surface area contributed by atoms with Crippen molar-refractivity contribution in [3.05, 3.63) is 169 Å². The summed E-state index contributed by atoms with van der Waals surface area (Å²) in [5.74, 6) is 1.94. The standard InChI is InChI=1S/C46H32N4/c1-46(2)39-21-10-8-19-35(39)37-27-38-36-20-9-11-22-41(36)50(42(38)28-40(37)46)34-18-12-17-32(26-34)44-47-43(30-14-4-3-5-15-30)48-45(49-44)33-24-23-29-13-6-7-16-31(29)25-33/h3-28H,1-2H3. The van der Waals surface area contributed by atoms with E-state index in [2.05, 4.69) is 158 Å². The fourth-order valence-electron chi connectivity index (χ4n) is 7.90. The molecule has 9 aromatic rings. The third kappa shape index (κ3) is 4.35. The van der Waals surface area contributed by atoms with Crippen LogP contribution in [-0.4, -0.2) is 19.5 Å². The molecule has 0 fully saturated rings. The molecule has 10 rings (SSSR count). The topological polar surface area (TPSA) is 43.6 Å². The summed E-state index contributed by atoms with van der Waals surface area (Å²) < 4.78 is 2.40. The molecule has 50 heavy (non-hydrogen) atoms. The summed E-state index contributed by atoms with van der Waals surface area (Å²) in [5.41, 5.74) is 11.6. The summed E-state index contributed by atoms with van der Waals surface area (Å²) in [5, 5.41) is 4.83. The van der Waals surface area contributed by atoms with Gasteiger partial charge in [0.1, 0.15) is 0 Å². The first-order valence-corrected chi connectivity index (χ1v) is 17.1. The molecule has 0 aliphatic heterocycles. The van der Waals surface area contributed by atoms with Gasteiger partial charge in [0.25, 0.3) is 0 Å². The van der Waals surface area contributed by atoms with Gasteiger partial charge in [-0.1, -0.05) is 135 Å². The Kier molecular flexibility index (Phi) is 6.19. The number of hydrogen-bond donors (Lipinski definition) is 0. The average Bonchev–Trinajstić information content (AvgIpc) is 3.62. The van der Waals surface area contributed by atoms with Gasteiger partial charge in [-0.3, -0.25) is 0 Å². The Hall–Kier alpha value is -6.39. The quantitative estimate of drug-likeness (QED) is 0.192. The summed E-state index contributed by atoms with van der Waals surface area (Å²) in [6, 6.07) is 56.0. The number of rotatable bonds is 4. The van der Waals surface area contributed by atoms with Gasteiger partial charge in [-0.15, -0.1) is 0 Å². The van der Waals surface area contributed by atoms with Crippen LogP contribution in [0.25, 0.3) is 83.6 Å². The van der Waals surface area contributed by atoms with Crippen LogP contribution in [0.2, 0.25) is 0 Å². The number of para-hydroxylation sites is 1. The molecule has 0 N–H and O–H groups in total. The van der Waals surface area contributed by atoms with Gasteiger partial charge in [-0.05, 0) is 69.4 Å². The van der Waals surface area contributed by atoms with Crippen molar-refractivity contribution in [2.24, 2.45) is 0 Å². The minimum atomic E-state index is -0.0961. The van der Waals surface area contributed by atoms with Gasteiger partial charge in [0, 0.05) is 38.6 Å². The largest absolute Gasteiger partial charge is 0.309 e. The molecule has 1 aliphatic carbocycles. The normalized spacial score (nSPS) is 13.2. The molecular formula is C46H32N4. The molecule has 2 aromatic heterocycles. The van der Waals surface area contributed by atoms with Crippen molar-refractivity contribution < 1.29 is 0 Å². The van der Waals surface area contributed by atoms with Crippen molar-refractivity contribution in [2.45, 2.75) is 19.3 Å². The molecule has 236 valence electrons. The smallest absolute Gasteiger partial charge is 0.164 e. The number of nitrogens with zero attached hydrogens (tertiary/aromatic N) is 4. The van der Waals surface area contributed by atoms with Crippen molar-refractivity contribution in [3.8, 4) is 51.0 Å². The monoisotopic (exact) mass is 640 g/mol. The zero-order valence-electron chi connectivity index (χ0n) is 27.8. The summed E-state index contributed by atoms with van der Waals surface area (Å²) >= 11 is 0. The van der Waals surface area contributed by atoms with Gasteiger partial charge in [0.05, 0.1) is 11.0 Å². The molecule has 7 aromatic carbocycles. The maximum Gasteiger partial charge on any atom is 0.164 e. The highest BCUT2D eigenvalue weighted by Crippen LogP contribution is 2.51. The molecule has 0 radical (unpaired) electrons. The Labute approximate surface area is 290 Å². The third-order valence-corrected chi connectivity index (χ3v) is 10.4. The van der Waals surface area contributed by atoms with Crippen LogP contribution in [0.1, 0.15) is 25.0 Å². The molecule has 0 spiro atoms. The maximum absolute atomic E-state index is 5.11. The number of benzene rings is 7. The van der Waals surface area contributed by atoms with E-state index in [1.165, 1.54) is 49.4 Å². The lowest BCUT2D eigenvalue weighted by Crippen LogP contribution is -2.14. The first-order valence-electron chi connectivity index (χ1n) is 17.1. The van der Waals surface area contributed by atoms with Crippen molar-refractivity contribution in [3.63, 3.8) is 0 Å².